The molecule has 2 N–H and O–H groups in total. The molecule has 0 amide bonds. The van der Waals surface area contributed by atoms with E-state index in [4.69, 9.17) is 14.1 Å². The van der Waals surface area contributed by atoms with Gasteiger partial charge in [-0.2, -0.15) is 10.1 Å². The Kier molecular flexibility index (Phi) is 4.89. The molecule has 0 spiro atoms. The number of hydrazone groups is 1. The molecule has 1 aliphatic heterocycles. The SMILES string of the molecule is Cc1cccc(Nc2nc3nonc3nc2N/N=C\c2cc3c(cc2[N+](=O)[O-])OCO3)c1C. The van der Waals surface area contributed by atoms with Crippen molar-refractivity contribution in [2.45, 2.75) is 13.8 Å². The lowest BCUT2D eigenvalue weighted by molar-refractivity contribution is -0.385. The third-order valence-electron chi connectivity index (χ3n) is 5.06. The van der Waals surface area contributed by atoms with Gasteiger partial charge in [0, 0.05) is 5.69 Å². The van der Waals surface area contributed by atoms with Crippen molar-refractivity contribution in [2.24, 2.45) is 5.10 Å². The highest BCUT2D eigenvalue weighted by Gasteiger charge is 2.22. The molecule has 5 rings (SSSR count). The molecule has 0 fully saturated rings. The van der Waals surface area contributed by atoms with Gasteiger partial charge in [-0.1, -0.05) is 12.1 Å². The fourth-order valence-corrected chi connectivity index (χ4v) is 3.19. The Bertz CT molecular complexity index is 1420. The van der Waals surface area contributed by atoms with Crippen LogP contribution < -0.4 is 20.2 Å². The molecule has 0 unspecified atom stereocenters. The summed E-state index contributed by atoms with van der Waals surface area (Å²) in [4.78, 5) is 19.7. The maximum atomic E-state index is 11.5. The summed E-state index contributed by atoms with van der Waals surface area (Å²) in [5, 5.41) is 26.2. The van der Waals surface area contributed by atoms with Gasteiger partial charge in [0.15, 0.2) is 23.1 Å². The number of hydrogen-bond acceptors (Lipinski definition) is 12. The van der Waals surface area contributed by atoms with Crippen molar-refractivity contribution in [2.75, 3.05) is 17.5 Å². The van der Waals surface area contributed by atoms with Gasteiger partial charge < -0.3 is 14.8 Å². The van der Waals surface area contributed by atoms with E-state index < -0.39 is 4.92 Å². The van der Waals surface area contributed by atoms with Gasteiger partial charge in [-0.3, -0.25) is 15.5 Å². The van der Waals surface area contributed by atoms with Crippen molar-refractivity contribution in [1.82, 2.24) is 20.3 Å². The number of nitrogens with zero attached hydrogens (tertiary/aromatic N) is 6. The van der Waals surface area contributed by atoms with E-state index in [2.05, 4.69) is 36.1 Å². The fraction of sp³-hybridized carbons (Fsp3) is 0.150. The predicted molar refractivity (Wildman–Crippen MR) is 117 cm³/mol. The standard InChI is InChI=1S/C20H16N8O5/c1-10-4-3-5-13(11(10)2)22-17-18(24-20-19(23-17)26-33-27-20)25-21-8-12-6-15-16(32-9-31-15)7-14(12)28(29)30/h3-8H,9H2,1-2H3,(H,22,23,26)(H,24,25,27)/b21-8-. The molecule has 0 saturated carbocycles. The summed E-state index contributed by atoms with van der Waals surface area (Å²) in [6, 6.07) is 8.59. The molecule has 2 aromatic heterocycles. The van der Waals surface area contributed by atoms with E-state index in [1.807, 2.05) is 32.0 Å². The number of benzene rings is 2. The summed E-state index contributed by atoms with van der Waals surface area (Å²) in [6.07, 6.45) is 1.29. The zero-order valence-electron chi connectivity index (χ0n) is 17.4. The van der Waals surface area contributed by atoms with Gasteiger partial charge in [0.2, 0.25) is 18.1 Å². The number of aromatic nitrogens is 4. The molecule has 0 aliphatic carbocycles. The van der Waals surface area contributed by atoms with Crippen molar-refractivity contribution < 1.29 is 19.0 Å². The van der Waals surface area contributed by atoms with Crippen LogP contribution in [-0.2, 0) is 0 Å². The van der Waals surface area contributed by atoms with E-state index in [1.54, 1.807) is 0 Å². The van der Waals surface area contributed by atoms with E-state index in [9.17, 15) is 10.1 Å². The van der Waals surface area contributed by atoms with Crippen molar-refractivity contribution >= 4 is 40.5 Å². The van der Waals surface area contributed by atoms with Gasteiger partial charge in [0.25, 0.3) is 5.69 Å². The predicted octanol–water partition coefficient (Wildman–Crippen LogP) is 3.46. The summed E-state index contributed by atoms with van der Waals surface area (Å²) >= 11 is 0. The number of ether oxygens (including phenoxy) is 2. The van der Waals surface area contributed by atoms with Crippen LogP contribution in [0, 0.1) is 24.0 Å². The van der Waals surface area contributed by atoms with Crippen LogP contribution >= 0.6 is 0 Å². The molecule has 13 nitrogen and oxygen atoms in total. The largest absolute Gasteiger partial charge is 0.454 e. The number of nitro groups is 1. The lowest BCUT2D eigenvalue weighted by Gasteiger charge is -2.12. The second-order valence-electron chi connectivity index (χ2n) is 7.10. The van der Waals surface area contributed by atoms with Crippen LogP contribution in [0.15, 0.2) is 40.1 Å². The van der Waals surface area contributed by atoms with Gasteiger partial charge in [-0.05, 0) is 47.4 Å². The fourth-order valence-electron chi connectivity index (χ4n) is 3.19. The molecule has 13 heteroatoms. The average Bonchev–Trinajstić information content (AvgIpc) is 3.44. The van der Waals surface area contributed by atoms with Crippen molar-refractivity contribution in [3.05, 3.63) is 57.1 Å². The van der Waals surface area contributed by atoms with Crippen molar-refractivity contribution in [3.8, 4) is 11.5 Å². The Morgan fingerprint density at radius 2 is 1.82 bits per heavy atom. The van der Waals surface area contributed by atoms with Crippen LogP contribution in [0.5, 0.6) is 11.5 Å². The van der Waals surface area contributed by atoms with Crippen LogP contribution in [0.2, 0.25) is 0 Å². The number of fused-ring (bicyclic) bond motifs is 2. The minimum absolute atomic E-state index is 0.0000788. The first-order valence-electron chi connectivity index (χ1n) is 9.70. The highest BCUT2D eigenvalue weighted by Crippen LogP contribution is 2.37. The number of nitro benzene ring substituents is 1. The molecule has 0 radical (unpaired) electrons. The minimum Gasteiger partial charge on any atom is -0.454 e. The van der Waals surface area contributed by atoms with Crippen LogP contribution in [0.4, 0.5) is 23.0 Å². The second kappa shape index (κ2) is 8.03. The average molecular weight is 448 g/mol. The lowest BCUT2D eigenvalue weighted by atomic mass is 10.1. The number of hydrogen-bond donors (Lipinski definition) is 2. The molecule has 0 atom stereocenters. The third-order valence-corrected chi connectivity index (χ3v) is 5.06. The zero-order chi connectivity index (χ0) is 22.9. The monoisotopic (exact) mass is 448 g/mol. The first kappa shape index (κ1) is 20.1. The maximum Gasteiger partial charge on any atom is 0.282 e. The Hall–Kier alpha value is -4.81. The van der Waals surface area contributed by atoms with Crippen LogP contribution in [0.3, 0.4) is 0 Å². The summed E-state index contributed by atoms with van der Waals surface area (Å²) in [7, 11) is 0. The Morgan fingerprint density at radius 1 is 1.09 bits per heavy atom. The van der Waals surface area contributed by atoms with E-state index in [0.29, 0.717) is 17.3 Å². The molecule has 166 valence electrons. The summed E-state index contributed by atoms with van der Waals surface area (Å²) in [5.41, 5.74) is 6.13. The molecule has 2 aromatic carbocycles. The maximum absolute atomic E-state index is 11.5. The van der Waals surface area contributed by atoms with Gasteiger partial charge in [-0.25, -0.2) is 9.61 Å². The first-order chi connectivity index (χ1) is 16.0. The quantitative estimate of drug-likeness (QED) is 0.252. The molecule has 33 heavy (non-hydrogen) atoms. The van der Waals surface area contributed by atoms with Gasteiger partial charge in [0.1, 0.15) is 0 Å². The molecule has 1 aliphatic rings. The number of nitrogens with one attached hydrogen (secondary N) is 2. The van der Waals surface area contributed by atoms with Crippen LogP contribution in [0.1, 0.15) is 16.7 Å². The van der Waals surface area contributed by atoms with Gasteiger partial charge in [0.05, 0.1) is 22.8 Å². The molecular formula is C20H16N8O5. The Morgan fingerprint density at radius 3 is 2.58 bits per heavy atom. The van der Waals surface area contributed by atoms with E-state index in [-0.39, 0.29) is 35.2 Å². The number of rotatable bonds is 6. The summed E-state index contributed by atoms with van der Waals surface area (Å²) in [6.45, 7) is 3.98. The Labute approximate surface area is 185 Å². The zero-order valence-corrected chi connectivity index (χ0v) is 17.4. The van der Waals surface area contributed by atoms with Crippen molar-refractivity contribution in [1.29, 1.82) is 0 Å². The highest BCUT2D eigenvalue weighted by atomic mass is 16.7. The van der Waals surface area contributed by atoms with E-state index >= 15 is 0 Å². The lowest BCUT2D eigenvalue weighted by Crippen LogP contribution is -2.04. The highest BCUT2D eigenvalue weighted by molar-refractivity contribution is 5.88. The number of anilines is 3. The molecular weight excluding hydrogens is 432 g/mol. The number of aryl methyl sites for hydroxylation is 1. The van der Waals surface area contributed by atoms with E-state index in [0.717, 1.165) is 16.8 Å². The van der Waals surface area contributed by atoms with Crippen LogP contribution in [-0.4, -0.2) is 38.2 Å². The smallest absolute Gasteiger partial charge is 0.282 e. The normalized spacial score (nSPS) is 12.4. The molecule has 0 saturated heterocycles. The topological polar surface area (TPSA) is 163 Å². The first-order valence-corrected chi connectivity index (χ1v) is 9.70. The third kappa shape index (κ3) is 3.82. The Balaban J connectivity index is 1.48. The molecule has 3 heterocycles. The van der Waals surface area contributed by atoms with Crippen LogP contribution in [0.25, 0.3) is 11.3 Å². The van der Waals surface area contributed by atoms with Gasteiger partial charge in [-0.15, -0.1) is 0 Å². The summed E-state index contributed by atoms with van der Waals surface area (Å²) < 4.78 is 15.2. The molecule has 4 aromatic rings. The van der Waals surface area contributed by atoms with E-state index in [1.165, 1.54) is 18.3 Å². The second-order valence-corrected chi connectivity index (χ2v) is 7.10. The van der Waals surface area contributed by atoms with Crippen molar-refractivity contribution in [3.63, 3.8) is 0 Å². The molecule has 0 bridgehead atoms. The summed E-state index contributed by atoms with van der Waals surface area (Å²) in [5.74, 6) is 1.25. The van der Waals surface area contributed by atoms with Gasteiger partial charge >= 0.3 is 0 Å². The minimum atomic E-state index is -0.524.